The van der Waals surface area contributed by atoms with E-state index in [4.69, 9.17) is 13.3 Å². The summed E-state index contributed by atoms with van der Waals surface area (Å²) in [6.45, 7) is 0. The molecule has 0 saturated carbocycles. The van der Waals surface area contributed by atoms with Crippen molar-refractivity contribution in [1.82, 2.24) is 0 Å². The molecule has 0 radical (unpaired) electrons. The maximum absolute atomic E-state index is 6.94. The van der Waals surface area contributed by atoms with Gasteiger partial charge >= 0.3 is 0 Å². The molecule has 12 aromatic rings. The Hall–Kier alpha value is -6.84. The predicted octanol–water partition coefficient (Wildman–Crippen LogP) is 14.2. The van der Waals surface area contributed by atoms with E-state index in [9.17, 15) is 0 Å². The predicted molar refractivity (Wildman–Crippen MR) is 212 cm³/mol. The van der Waals surface area contributed by atoms with E-state index in [2.05, 4.69) is 133 Å². The molecule has 3 heterocycles. The van der Waals surface area contributed by atoms with Crippen LogP contribution >= 0.6 is 0 Å². The molecular formula is C48H26O3. The number of benzene rings is 9. The monoisotopic (exact) mass is 650 g/mol. The minimum atomic E-state index is 0.868. The number of hydrogen-bond donors (Lipinski definition) is 0. The van der Waals surface area contributed by atoms with Crippen molar-refractivity contribution in [1.29, 1.82) is 0 Å². The third kappa shape index (κ3) is 3.57. The summed E-state index contributed by atoms with van der Waals surface area (Å²) in [5, 5.41) is 13.6. The Labute approximate surface area is 290 Å². The fourth-order valence-corrected chi connectivity index (χ4v) is 8.77. The van der Waals surface area contributed by atoms with Gasteiger partial charge in [0.2, 0.25) is 0 Å². The van der Waals surface area contributed by atoms with Crippen LogP contribution in [0.4, 0.5) is 0 Å². The number of furan rings is 3. The molecule has 0 saturated heterocycles. The van der Waals surface area contributed by atoms with Crippen LogP contribution in [0.1, 0.15) is 0 Å². The lowest BCUT2D eigenvalue weighted by Crippen LogP contribution is -1.92. The van der Waals surface area contributed by atoms with Crippen molar-refractivity contribution in [2.24, 2.45) is 0 Å². The van der Waals surface area contributed by atoms with E-state index in [1.807, 2.05) is 24.3 Å². The second-order valence-corrected chi connectivity index (χ2v) is 13.5. The highest BCUT2D eigenvalue weighted by Gasteiger charge is 2.25. The fourth-order valence-electron chi connectivity index (χ4n) is 8.77. The van der Waals surface area contributed by atoms with Gasteiger partial charge < -0.3 is 13.3 Å². The van der Waals surface area contributed by atoms with Crippen molar-refractivity contribution in [2.75, 3.05) is 0 Å². The normalized spacial score (nSPS) is 12.3. The fraction of sp³-hybridized carbons (Fsp3) is 0. The molecule has 0 N–H and O–H groups in total. The average Bonchev–Trinajstić information content (AvgIpc) is 3.88. The molecule has 0 unspecified atom stereocenters. The molecule has 3 aromatic heterocycles. The van der Waals surface area contributed by atoms with Gasteiger partial charge in [0.15, 0.2) is 0 Å². The zero-order valence-electron chi connectivity index (χ0n) is 27.2. The van der Waals surface area contributed by atoms with Gasteiger partial charge in [-0.2, -0.15) is 0 Å². The molecule has 9 aromatic carbocycles. The van der Waals surface area contributed by atoms with Gasteiger partial charge in [-0.25, -0.2) is 0 Å². The molecule has 0 amide bonds. The number of para-hydroxylation sites is 4. The van der Waals surface area contributed by atoms with E-state index in [1.165, 1.54) is 16.3 Å². The molecule has 236 valence electrons. The van der Waals surface area contributed by atoms with Crippen LogP contribution in [0.15, 0.2) is 171 Å². The zero-order valence-corrected chi connectivity index (χ0v) is 27.2. The van der Waals surface area contributed by atoms with Gasteiger partial charge in [0, 0.05) is 60.0 Å². The third-order valence-electron chi connectivity index (χ3n) is 10.8. The Morgan fingerprint density at radius 2 is 0.765 bits per heavy atom. The lowest BCUT2D eigenvalue weighted by atomic mass is 9.84. The molecule has 0 aliphatic carbocycles. The topological polar surface area (TPSA) is 39.4 Å². The van der Waals surface area contributed by atoms with Gasteiger partial charge in [-0.05, 0) is 57.3 Å². The van der Waals surface area contributed by atoms with Crippen molar-refractivity contribution in [3.63, 3.8) is 0 Å². The van der Waals surface area contributed by atoms with Crippen molar-refractivity contribution in [2.45, 2.75) is 0 Å². The zero-order chi connectivity index (χ0) is 33.2. The van der Waals surface area contributed by atoms with Gasteiger partial charge in [0.05, 0.1) is 0 Å². The van der Waals surface area contributed by atoms with Crippen LogP contribution in [0.3, 0.4) is 0 Å². The molecule has 0 fully saturated rings. The summed E-state index contributed by atoms with van der Waals surface area (Å²) in [5.41, 5.74) is 9.80. The Morgan fingerprint density at radius 3 is 1.43 bits per heavy atom. The maximum atomic E-state index is 6.94. The van der Waals surface area contributed by atoms with Gasteiger partial charge in [-0.15, -0.1) is 0 Å². The van der Waals surface area contributed by atoms with E-state index in [1.54, 1.807) is 0 Å². The van der Waals surface area contributed by atoms with E-state index < -0.39 is 0 Å². The Balaban J connectivity index is 1.27. The van der Waals surface area contributed by atoms with Crippen molar-refractivity contribution < 1.29 is 13.3 Å². The quantitative estimate of drug-likeness (QED) is 0.175. The van der Waals surface area contributed by atoms with Gasteiger partial charge in [0.25, 0.3) is 0 Å². The SMILES string of the molecule is c1ccc2c(c1)oc1c(-c3c4ccccc4c(-c4cc5ccc6oc7ccccc7c6c5c5c4oc4ccccc45)c4ccccc34)cccc12. The Morgan fingerprint density at radius 1 is 0.275 bits per heavy atom. The summed E-state index contributed by atoms with van der Waals surface area (Å²) in [4.78, 5) is 0. The summed E-state index contributed by atoms with van der Waals surface area (Å²) >= 11 is 0. The van der Waals surface area contributed by atoms with Crippen LogP contribution in [0.2, 0.25) is 0 Å². The molecule has 0 aliphatic heterocycles. The number of hydrogen-bond acceptors (Lipinski definition) is 3. The highest BCUT2D eigenvalue weighted by molar-refractivity contribution is 6.35. The molecule has 0 bridgehead atoms. The van der Waals surface area contributed by atoms with Crippen LogP contribution < -0.4 is 0 Å². The Bertz CT molecular complexity index is 3370. The lowest BCUT2D eigenvalue weighted by molar-refractivity contribution is 0.669. The first kappa shape index (κ1) is 27.0. The highest BCUT2D eigenvalue weighted by Crippen LogP contribution is 2.51. The first-order valence-electron chi connectivity index (χ1n) is 17.3. The lowest BCUT2D eigenvalue weighted by Gasteiger charge is -2.18. The molecular weight excluding hydrogens is 625 g/mol. The molecule has 51 heavy (non-hydrogen) atoms. The second-order valence-electron chi connectivity index (χ2n) is 13.5. The van der Waals surface area contributed by atoms with Gasteiger partial charge in [-0.1, -0.05) is 127 Å². The molecule has 12 rings (SSSR count). The first-order valence-corrected chi connectivity index (χ1v) is 17.3. The highest BCUT2D eigenvalue weighted by atomic mass is 16.3. The first-order chi connectivity index (χ1) is 25.3. The summed E-state index contributed by atoms with van der Waals surface area (Å²) in [5.74, 6) is 0. The van der Waals surface area contributed by atoms with Crippen LogP contribution in [-0.4, -0.2) is 0 Å². The summed E-state index contributed by atoms with van der Waals surface area (Å²) < 4.78 is 20.0. The summed E-state index contributed by atoms with van der Waals surface area (Å²) in [6, 6.07) is 55.8. The molecule has 0 aliphatic rings. The average molecular weight is 651 g/mol. The van der Waals surface area contributed by atoms with Crippen molar-refractivity contribution >= 4 is 98.1 Å². The van der Waals surface area contributed by atoms with Gasteiger partial charge in [-0.3, -0.25) is 0 Å². The van der Waals surface area contributed by atoms with Crippen LogP contribution in [0, 0.1) is 0 Å². The molecule has 0 spiro atoms. The molecule has 0 atom stereocenters. The number of rotatable bonds is 2. The van der Waals surface area contributed by atoms with Crippen molar-refractivity contribution in [3.8, 4) is 22.3 Å². The minimum absolute atomic E-state index is 0.868. The Kier molecular flexibility index (Phi) is 5.23. The summed E-state index contributed by atoms with van der Waals surface area (Å²) in [7, 11) is 0. The van der Waals surface area contributed by atoms with E-state index in [0.717, 1.165) is 104 Å². The standard InChI is InChI=1S/C48H26O3/c1-3-15-31-29(13-1)43(36-20-11-19-33-28-12-5-8-21-38(28)50-47(33)36)30-14-2-4-16-32(30)44(31)37-26-27-24-25-41-45(34-17-6-9-22-39(34)49-41)42(27)46-35-18-7-10-23-40(35)51-48(37)46/h1-26H. The van der Waals surface area contributed by atoms with Crippen LogP contribution in [-0.2, 0) is 0 Å². The second kappa shape index (κ2) is 9.87. The van der Waals surface area contributed by atoms with E-state index >= 15 is 0 Å². The third-order valence-corrected chi connectivity index (χ3v) is 10.8. The largest absolute Gasteiger partial charge is 0.456 e. The molecule has 3 nitrogen and oxygen atoms in total. The number of fused-ring (bicyclic) bond motifs is 14. The van der Waals surface area contributed by atoms with Gasteiger partial charge in [0.1, 0.15) is 33.5 Å². The minimum Gasteiger partial charge on any atom is -0.456 e. The van der Waals surface area contributed by atoms with E-state index in [0.29, 0.717) is 0 Å². The van der Waals surface area contributed by atoms with Crippen LogP contribution in [0.25, 0.3) is 120 Å². The summed E-state index contributed by atoms with van der Waals surface area (Å²) in [6.07, 6.45) is 0. The van der Waals surface area contributed by atoms with Crippen LogP contribution in [0.5, 0.6) is 0 Å². The van der Waals surface area contributed by atoms with E-state index in [-0.39, 0.29) is 0 Å². The van der Waals surface area contributed by atoms with Crippen molar-refractivity contribution in [3.05, 3.63) is 158 Å². The molecule has 3 heteroatoms. The maximum Gasteiger partial charge on any atom is 0.143 e. The smallest absolute Gasteiger partial charge is 0.143 e.